The van der Waals surface area contributed by atoms with Gasteiger partial charge in [0.05, 0.1) is 0 Å². The molecular formula is C12H19N3O. The van der Waals surface area contributed by atoms with Crippen LogP contribution < -0.4 is 10.5 Å². The van der Waals surface area contributed by atoms with Gasteiger partial charge in [-0.1, -0.05) is 6.42 Å². The van der Waals surface area contributed by atoms with Gasteiger partial charge in [-0.25, -0.2) is 4.98 Å². The highest BCUT2D eigenvalue weighted by molar-refractivity contribution is 5.15. The Bertz CT molecular complexity index is 347. The molecule has 0 radical (unpaired) electrons. The number of nitrogens with zero attached hydrogens (tertiary/aromatic N) is 2. The monoisotopic (exact) mass is 221 g/mol. The van der Waals surface area contributed by atoms with Crippen molar-refractivity contribution < 1.29 is 4.74 Å². The summed E-state index contributed by atoms with van der Waals surface area (Å²) in [7, 11) is 0. The molecule has 0 spiro atoms. The Labute approximate surface area is 96.2 Å². The van der Waals surface area contributed by atoms with Crippen molar-refractivity contribution in [1.82, 2.24) is 9.97 Å². The van der Waals surface area contributed by atoms with Gasteiger partial charge in [0.2, 0.25) is 5.88 Å². The third-order valence-corrected chi connectivity index (χ3v) is 2.97. The predicted molar refractivity (Wildman–Crippen MR) is 62.4 cm³/mol. The van der Waals surface area contributed by atoms with Gasteiger partial charge in [-0.2, -0.15) is 4.98 Å². The van der Waals surface area contributed by atoms with E-state index in [0.29, 0.717) is 5.88 Å². The van der Waals surface area contributed by atoms with Crippen LogP contribution in [0.3, 0.4) is 0 Å². The highest BCUT2D eigenvalue weighted by atomic mass is 16.5. The van der Waals surface area contributed by atoms with Gasteiger partial charge >= 0.3 is 0 Å². The van der Waals surface area contributed by atoms with E-state index in [1.807, 2.05) is 19.9 Å². The molecule has 0 aliphatic heterocycles. The number of hydrogen-bond donors (Lipinski definition) is 1. The van der Waals surface area contributed by atoms with Gasteiger partial charge < -0.3 is 10.5 Å². The largest absolute Gasteiger partial charge is 0.473 e. The Kier molecular flexibility index (Phi) is 3.39. The molecule has 0 bridgehead atoms. The van der Waals surface area contributed by atoms with Crippen LogP contribution in [0, 0.1) is 13.8 Å². The molecule has 4 heteroatoms. The van der Waals surface area contributed by atoms with Crippen molar-refractivity contribution in [3.63, 3.8) is 0 Å². The summed E-state index contributed by atoms with van der Waals surface area (Å²) in [4.78, 5) is 8.50. The first-order chi connectivity index (χ1) is 7.65. The smallest absolute Gasteiger partial charge is 0.217 e. The van der Waals surface area contributed by atoms with E-state index in [9.17, 15) is 0 Å². The third kappa shape index (κ3) is 2.70. The van der Waals surface area contributed by atoms with Crippen LogP contribution in [-0.4, -0.2) is 22.1 Å². The molecule has 1 aromatic rings. The maximum absolute atomic E-state index is 6.03. The zero-order valence-electron chi connectivity index (χ0n) is 9.94. The standard InChI is InChI=1S/C12H19N3O/c1-8-7-12(15-9(2)14-8)16-11-6-4-3-5-10(11)13/h7,10-11H,3-6,13H2,1-2H3. The summed E-state index contributed by atoms with van der Waals surface area (Å²) < 4.78 is 5.85. The zero-order chi connectivity index (χ0) is 11.5. The maximum Gasteiger partial charge on any atom is 0.217 e. The Balaban J connectivity index is 2.07. The molecule has 2 atom stereocenters. The SMILES string of the molecule is Cc1cc(OC2CCCCC2N)nc(C)n1. The van der Waals surface area contributed by atoms with E-state index in [0.717, 1.165) is 24.4 Å². The van der Waals surface area contributed by atoms with E-state index in [2.05, 4.69) is 9.97 Å². The van der Waals surface area contributed by atoms with E-state index in [-0.39, 0.29) is 12.1 Å². The fraction of sp³-hybridized carbons (Fsp3) is 0.667. The van der Waals surface area contributed by atoms with E-state index >= 15 is 0 Å². The van der Waals surface area contributed by atoms with Crippen molar-refractivity contribution in [2.24, 2.45) is 5.73 Å². The molecule has 1 aliphatic rings. The third-order valence-electron chi connectivity index (χ3n) is 2.97. The second-order valence-corrected chi connectivity index (χ2v) is 4.50. The predicted octanol–water partition coefficient (Wildman–Crippen LogP) is 1.74. The molecule has 0 aromatic carbocycles. The molecule has 16 heavy (non-hydrogen) atoms. The van der Waals surface area contributed by atoms with E-state index in [4.69, 9.17) is 10.5 Å². The summed E-state index contributed by atoms with van der Waals surface area (Å²) in [6.07, 6.45) is 4.60. The molecule has 1 aliphatic carbocycles. The summed E-state index contributed by atoms with van der Waals surface area (Å²) in [6.45, 7) is 3.82. The van der Waals surface area contributed by atoms with Gasteiger partial charge in [0.1, 0.15) is 11.9 Å². The van der Waals surface area contributed by atoms with Gasteiger partial charge in [0.15, 0.2) is 0 Å². The molecule has 2 N–H and O–H groups in total. The lowest BCUT2D eigenvalue weighted by molar-refractivity contribution is 0.126. The Morgan fingerprint density at radius 3 is 2.69 bits per heavy atom. The highest BCUT2D eigenvalue weighted by Crippen LogP contribution is 2.21. The second kappa shape index (κ2) is 4.78. The molecule has 1 saturated carbocycles. The lowest BCUT2D eigenvalue weighted by Gasteiger charge is -2.28. The Hall–Kier alpha value is -1.16. The van der Waals surface area contributed by atoms with Crippen LogP contribution in [0.25, 0.3) is 0 Å². The summed E-state index contributed by atoms with van der Waals surface area (Å²) in [5.74, 6) is 1.41. The number of aromatic nitrogens is 2. The average molecular weight is 221 g/mol. The van der Waals surface area contributed by atoms with Gasteiger partial charge in [-0.15, -0.1) is 0 Å². The Morgan fingerprint density at radius 2 is 2.00 bits per heavy atom. The molecule has 1 fully saturated rings. The first-order valence-corrected chi connectivity index (χ1v) is 5.89. The number of nitrogens with two attached hydrogens (primary N) is 1. The van der Waals surface area contributed by atoms with Gasteiger partial charge in [-0.05, 0) is 33.1 Å². The van der Waals surface area contributed by atoms with Crippen LogP contribution in [-0.2, 0) is 0 Å². The fourth-order valence-electron chi connectivity index (χ4n) is 2.17. The number of hydrogen-bond acceptors (Lipinski definition) is 4. The van der Waals surface area contributed by atoms with Gasteiger partial charge in [0, 0.05) is 17.8 Å². The van der Waals surface area contributed by atoms with Crippen molar-refractivity contribution >= 4 is 0 Å². The number of ether oxygens (including phenoxy) is 1. The lowest BCUT2D eigenvalue weighted by atomic mass is 9.93. The van der Waals surface area contributed by atoms with Crippen molar-refractivity contribution in [3.8, 4) is 5.88 Å². The molecule has 1 heterocycles. The summed E-state index contributed by atoms with van der Waals surface area (Å²) in [5.41, 5.74) is 6.97. The average Bonchev–Trinajstić information content (AvgIpc) is 2.20. The van der Waals surface area contributed by atoms with E-state index < -0.39 is 0 Å². The maximum atomic E-state index is 6.03. The molecule has 4 nitrogen and oxygen atoms in total. The molecule has 0 amide bonds. The van der Waals surface area contributed by atoms with Crippen molar-refractivity contribution in [1.29, 1.82) is 0 Å². The summed E-state index contributed by atoms with van der Waals surface area (Å²) in [6, 6.07) is 2.01. The molecule has 2 rings (SSSR count). The summed E-state index contributed by atoms with van der Waals surface area (Å²) >= 11 is 0. The Morgan fingerprint density at radius 1 is 1.25 bits per heavy atom. The van der Waals surface area contributed by atoms with Crippen LogP contribution in [0.1, 0.15) is 37.2 Å². The van der Waals surface area contributed by atoms with E-state index in [1.54, 1.807) is 0 Å². The van der Waals surface area contributed by atoms with E-state index in [1.165, 1.54) is 12.8 Å². The van der Waals surface area contributed by atoms with Crippen LogP contribution >= 0.6 is 0 Å². The zero-order valence-corrected chi connectivity index (χ0v) is 9.94. The fourth-order valence-corrected chi connectivity index (χ4v) is 2.17. The van der Waals surface area contributed by atoms with Crippen molar-refractivity contribution in [3.05, 3.63) is 17.6 Å². The lowest BCUT2D eigenvalue weighted by Crippen LogP contribution is -2.41. The molecular weight excluding hydrogens is 202 g/mol. The topological polar surface area (TPSA) is 61.0 Å². The first kappa shape index (κ1) is 11.3. The first-order valence-electron chi connectivity index (χ1n) is 5.89. The van der Waals surface area contributed by atoms with Crippen LogP contribution in [0.5, 0.6) is 5.88 Å². The quantitative estimate of drug-likeness (QED) is 0.826. The number of rotatable bonds is 2. The minimum Gasteiger partial charge on any atom is -0.473 e. The van der Waals surface area contributed by atoms with Crippen LogP contribution in [0.15, 0.2) is 6.07 Å². The molecule has 88 valence electrons. The van der Waals surface area contributed by atoms with Gasteiger partial charge in [0.25, 0.3) is 0 Å². The minimum absolute atomic E-state index is 0.113. The second-order valence-electron chi connectivity index (χ2n) is 4.50. The molecule has 2 unspecified atom stereocenters. The van der Waals surface area contributed by atoms with Crippen LogP contribution in [0.4, 0.5) is 0 Å². The van der Waals surface area contributed by atoms with Gasteiger partial charge in [-0.3, -0.25) is 0 Å². The summed E-state index contributed by atoms with van der Waals surface area (Å²) in [5, 5.41) is 0. The highest BCUT2D eigenvalue weighted by Gasteiger charge is 2.23. The van der Waals surface area contributed by atoms with Crippen molar-refractivity contribution in [2.75, 3.05) is 0 Å². The molecule has 0 saturated heterocycles. The normalized spacial score (nSPS) is 25.4. The van der Waals surface area contributed by atoms with Crippen LogP contribution in [0.2, 0.25) is 0 Å². The number of aryl methyl sites for hydroxylation is 2. The van der Waals surface area contributed by atoms with Crippen molar-refractivity contribution in [2.45, 2.75) is 51.7 Å². The molecule has 1 aromatic heterocycles. The minimum atomic E-state index is 0.113.